The van der Waals surface area contributed by atoms with Crippen LogP contribution in [0.1, 0.15) is 27.3 Å². The molecule has 1 amide bonds. The molecular formula is C16H22N4O3. The number of nitrogens with zero attached hydrogens (tertiary/aromatic N) is 3. The van der Waals surface area contributed by atoms with E-state index in [0.717, 1.165) is 17.0 Å². The Labute approximate surface area is 135 Å². The number of carbonyl (C=O) groups is 1. The van der Waals surface area contributed by atoms with Crippen molar-refractivity contribution in [2.24, 2.45) is 0 Å². The number of methoxy groups -OCH3 is 2. The Balaban J connectivity index is 2.08. The standard InChI is InChI=1S/C16H22N4O3/c1-11-14(12(2)20(19-11)8-9-22-3)10-18-15(21)13-6-5-7-17-16(13)23-4/h5-7H,8-10H2,1-4H3,(H,18,21). The van der Waals surface area contributed by atoms with Crippen molar-refractivity contribution in [1.29, 1.82) is 0 Å². The lowest BCUT2D eigenvalue weighted by Gasteiger charge is -2.09. The smallest absolute Gasteiger partial charge is 0.257 e. The van der Waals surface area contributed by atoms with Gasteiger partial charge < -0.3 is 14.8 Å². The first kappa shape index (κ1) is 17.0. The Bertz CT molecular complexity index is 682. The number of aryl methyl sites for hydroxylation is 1. The molecule has 0 spiro atoms. The van der Waals surface area contributed by atoms with E-state index in [9.17, 15) is 4.79 Å². The minimum absolute atomic E-state index is 0.224. The maximum Gasteiger partial charge on any atom is 0.257 e. The highest BCUT2D eigenvalue weighted by Gasteiger charge is 2.15. The first-order chi connectivity index (χ1) is 11.1. The van der Waals surface area contributed by atoms with Crippen molar-refractivity contribution >= 4 is 5.91 Å². The number of hydrogen-bond acceptors (Lipinski definition) is 5. The highest BCUT2D eigenvalue weighted by molar-refractivity contribution is 5.96. The van der Waals surface area contributed by atoms with Crippen LogP contribution >= 0.6 is 0 Å². The van der Waals surface area contributed by atoms with Gasteiger partial charge in [0, 0.05) is 31.1 Å². The molecule has 23 heavy (non-hydrogen) atoms. The lowest BCUT2D eigenvalue weighted by atomic mass is 10.2. The molecule has 0 radical (unpaired) electrons. The average molecular weight is 318 g/mol. The number of aromatic nitrogens is 3. The predicted octanol–water partition coefficient (Wildman–Crippen LogP) is 1.48. The summed E-state index contributed by atoms with van der Waals surface area (Å²) in [5, 5.41) is 7.38. The first-order valence-corrected chi connectivity index (χ1v) is 7.37. The second kappa shape index (κ2) is 7.73. The van der Waals surface area contributed by atoms with Crippen LogP contribution in [0.3, 0.4) is 0 Å². The molecule has 0 aliphatic rings. The Hall–Kier alpha value is -2.41. The van der Waals surface area contributed by atoms with Crippen molar-refractivity contribution in [3.63, 3.8) is 0 Å². The zero-order valence-corrected chi connectivity index (χ0v) is 13.9. The molecule has 0 bridgehead atoms. The van der Waals surface area contributed by atoms with Crippen LogP contribution in [0.2, 0.25) is 0 Å². The molecular weight excluding hydrogens is 296 g/mol. The number of nitrogens with one attached hydrogen (secondary N) is 1. The molecule has 7 nitrogen and oxygen atoms in total. The normalized spacial score (nSPS) is 10.6. The van der Waals surface area contributed by atoms with Crippen LogP contribution in [-0.4, -0.2) is 41.5 Å². The van der Waals surface area contributed by atoms with Crippen LogP contribution < -0.4 is 10.1 Å². The number of rotatable bonds is 7. The van der Waals surface area contributed by atoms with Crippen LogP contribution in [-0.2, 0) is 17.8 Å². The van der Waals surface area contributed by atoms with E-state index in [1.807, 2.05) is 18.5 Å². The summed E-state index contributed by atoms with van der Waals surface area (Å²) in [5.41, 5.74) is 3.35. The molecule has 1 N–H and O–H groups in total. The van der Waals surface area contributed by atoms with Crippen molar-refractivity contribution < 1.29 is 14.3 Å². The minimum atomic E-state index is -0.224. The van der Waals surface area contributed by atoms with Gasteiger partial charge in [-0.25, -0.2) is 4.98 Å². The monoisotopic (exact) mass is 318 g/mol. The van der Waals surface area contributed by atoms with E-state index in [4.69, 9.17) is 9.47 Å². The largest absolute Gasteiger partial charge is 0.480 e. The molecule has 0 saturated carbocycles. The summed E-state index contributed by atoms with van der Waals surface area (Å²) in [4.78, 5) is 16.4. The maximum atomic E-state index is 12.3. The van der Waals surface area contributed by atoms with Crippen LogP contribution in [0.25, 0.3) is 0 Å². The molecule has 124 valence electrons. The summed E-state index contributed by atoms with van der Waals surface area (Å²) in [7, 11) is 3.15. The summed E-state index contributed by atoms with van der Waals surface area (Å²) in [6.07, 6.45) is 1.59. The topological polar surface area (TPSA) is 78.3 Å². The molecule has 0 saturated heterocycles. The SMILES string of the molecule is COCCn1nc(C)c(CNC(=O)c2cccnc2OC)c1C. The zero-order chi connectivity index (χ0) is 16.8. The maximum absolute atomic E-state index is 12.3. The van der Waals surface area contributed by atoms with Crippen molar-refractivity contribution in [2.75, 3.05) is 20.8 Å². The van der Waals surface area contributed by atoms with E-state index in [0.29, 0.717) is 31.1 Å². The third kappa shape index (κ3) is 3.87. The third-order valence-corrected chi connectivity index (χ3v) is 3.67. The number of carbonyl (C=O) groups excluding carboxylic acids is 1. The van der Waals surface area contributed by atoms with E-state index >= 15 is 0 Å². The van der Waals surface area contributed by atoms with Gasteiger partial charge in [0.25, 0.3) is 5.91 Å². The molecule has 2 heterocycles. The second-order valence-electron chi connectivity index (χ2n) is 5.11. The summed E-state index contributed by atoms with van der Waals surface area (Å²) < 4.78 is 12.1. The summed E-state index contributed by atoms with van der Waals surface area (Å²) >= 11 is 0. The van der Waals surface area contributed by atoms with Crippen LogP contribution in [0.4, 0.5) is 0 Å². The van der Waals surface area contributed by atoms with Gasteiger partial charge >= 0.3 is 0 Å². The highest BCUT2D eigenvalue weighted by Crippen LogP contribution is 2.15. The first-order valence-electron chi connectivity index (χ1n) is 7.37. The third-order valence-electron chi connectivity index (χ3n) is 3.67. The average Bonchev–Trinajstić information content (AvgIpc) is 2.84. The Morgan fingerprint density at radius 3 is 2.83 bits per heavy atom. The highest BCUT2D eigenvalue weighted by atomic mass is 16.5. The van der Waals surface area contributed by atoms with E-state index in [1.54, 1.807) is 25.4 Å². The number of ether oxygens (including phenoxy) is 2. The molecule has 0 fully saturated rings. The fourth-order valence-corrected chi connectivity index (χ4v) is 2.38. The van der Waals surface area contributed by atoms with Gasteiger partial charge in [-0.1, -0.05) is 0 Å². The molecule has 2 aromatic rings. The quantitative estimate of drug-likeness (QED) is 0.836. The van der Waals surface area contributed by atoms with Crippen molar-refractivity contribution in [2.45, 2.75) is 26.9 Å². The van der Waals surface area contributed by atoms with Gasteiger partial charge in [0.15, 0.2) is 0 Å². The van der Waals surface area contributed by atoms with E-state index in [-0.39, 0.29) is 5.91 Å². The van der Waals surface area contributed by atoms with Crippen molar-refractivity contribution in [3.8, 4) is 5.88 Å². The fraction of sp³-hybridized carbons (Fsp3) is 0.438. The van der Waals surface area contributed by atoms with Gasteiger partial charge in [-0.2, -0.15) is 5.10 Å². The minimum Gasteiger partial charge on any atom is -0.480 e. The molecule has 0 aliphatic heterocycles. The van der Waals surface area contributed by atoms with E-state index in [2.05, 4.69) is 15.4 Å². The van der Waals surface area contributed by atoms with Crippen LogP contribution in [0.5, 0.6) is 5.88 Å². The van der Waals surface area contributed by atoms with Gasteiger partial charge in [0.1, 0.15) is 5.56 Å². The summed E-state index contributed by atoms with van der Waals surface area (Å²) in [6, 6.07) is 3.39. The van der Waals surface area contributed by atoms with Gasteiger partial charge in [-0.05, 0) is 26.0 Å². The molecule has 0 unspecified atom stereocenters. The number of amides is 1. The molecule has 0 atom stereocenters. The fourth-order valence-electron chi connectivity index (χ4n) is 2.38. The zero-order valence-electron chi connectivity index (χ0n) is 13.9. The van der Waals surface area contributed by atoms with Crippen LogP contribution in [0, 0.1) is 13.8 Å². The van der Waals surface area contributed by atoms with Crippen LogP contribution in [0.15, 0.2) is 18.3 Å². The molecule has 2 aromatic heterocycles. The van der Waals surface area contributed by atoms with E-state index < -0.39 is 0 Å². The van der Waals surface area contributed by atoms with Gasteiger partial charge in [0.05, 0.1) is 26.0 Å². The second-order valence-corrected chi connectivity index (χ2v) is 5.11. The Morgan fingerprint density at radius 1 is 1.35 bits per heavy atom. The number of hydrogen-bond donors (Lipinski definition) is 1. The van der Waals surface area contributed by atoms with E-state index in [1.165, 1.54) is 7.11 Å². The van der Waals surface area contributed by atoms with Gasteiger partial charge in [0.2, 0.25) is 5.88 Å². The summed E-state index contributed by atoms with van der Waals surface area (Å²) in [6.45, 7) is 5.61. The molecule has 0 aromatic carbocycles. The molecule has 0 aliphatic carbocycles. The van der Waals surface area contributed by atoms with Gasteiger partial charge in [-0.15, -0.1) is 0 Å². The Kier molecular flexibility index (Phi) is 5.70. The Morgan fingerprint density at radius 2 is 2.13 bits per heavy atom. The number of pyridine rings is 1. The lowest BCUT2D eigenvalue weighted by molar-refractivity contribution is 0.0947. The van der Waals surface area contributed by atoms with Gasteiger partial charge in [-0.3, -0.25) is 9.48 Å². The summed E-state index contributed by atoms with van der Waals surface area (Å²) in [5.74, 6) is 0.0904. The predicted molar refractivity (Wildman–Crippen MR) is 85.5 cm³/mol. The lowest BCUT2D eigenvalue weighted by Crippen LogP contribution is -2.24. The molecule has 2 rings (SSSR count). The van der Waals surface area contributed by atoms with Crippen molar-refractivity contribution in [3.05, 3.63) is 40.8 Å². The molecule has 7 heteroatoms. The van der Waals surface area contributed by atoms with Crippen molar-refractivity contribution in [1.82, 2.24) is 20.1 Å².